The molecule has 2 heterocycles. The number of ether oxygens (including phenoxy) is 2. The van der Waals surface area contributed by atoms with Crippen molar-refractivity contribution in [1.82, 2.24) is 4.90 Å². The molecule has 156 valence electrons. The lowest BCUT2D eigenvalue weighted by Gasteiger charge is -2.25. The number of methoxy groups -OCH3 is 1. The van der Waals surface area contributed by atoms with Crippen molar-refractivity contribution >= 4 is 16.9 Å². The van der Waals surface area contributed by atoms with E-state index in [9.17, 15) is 14.0 Å². The minimum atomic E-state index is -0.728. The van der Waals surface area contributed by atoms with E-state index in [-0.39, 0.29) is 24.0 Å². The number of hydrogen-bond donors (Lipinski definition) is 0. The van der Waals surface area contributed by atoms with E-state index in [1.165, 1.54) is 25.3 Å². The van der Waals surface area contributed by atoms with Gasteiger partial charge in [-0.1, -0.05) is 24.3 Å². The van der Waals surface area contributed by atoms with Gasteiger partial charge < -0.3 is 18.8 Å². The van der Waals surface area contributed by atoms with Crippen LogP contribution < -0.4 is 10.4 Å². The van der Waals surface area contributed by atoms with Crippen molar-refractivity contribution in [2.75, 3.05) is 20.3 Å². The summed E-state index contributed by atoms with van der Waals surface area (Å²) in [5.41, 5.74) is 0.268. The molecule has 0 unspecified atom stereocenters. The molecule has 6 nitrogen and oxygen atoms in total. The minimum Gasteiger partial charge on any atom is -0.493 e. The van der Waals surface area contributed by atoms with Crippen LogP contribution in [0.1, 0.15) is 28.8 Å². The maximum Gasteiger partial charge on any atom is 0.349 e. The van der Waals surface area contributed by atoms with Gasteiger partial charge in [-0.25, -0.2) is 9.18 Å². The lowest BCUT2D eigenvalue weighted by molar-refractivity contribution is 0.0504. The molecule has 1 aliphatic heterocycles. The standard InChI is InChI=1S/C23H22FNO5/c1-28-20-6-2-4-16-12-19(23(27)30-21(16)20)22(26)25(14-18-5-3-11-29-18)13-15-7-9-17(24)10-8-15/h2,4,6-10,12,18H,3,5,11,13-14H2,1H3/t18-/m0/s1. The molecular formula is C23H22FNO5. The molecule has 0 spiro atoms. The summed E-state index contributed by atoms with van der Waals surface area (Å²) in [6, 6.07) is 12.7. The zero-order valence-electron chi connectivity index (χ0n) is 16.6. The number of para-hydroxylation sites is 1. The van der Waals surface area contributed by atoms with Crippen LogP contribution in [0.5, 0.6) is 5.75 Å². The van der Waals surface area contributed by atoms with Gasteiger partial charge in [-0.2, -0.15) is 0 Å². The summed E-state index contributed by atoms with van der Waals surface area (Å²) >= 11 is 0. The highest BCUT2D eigenvalue weighted by Crippen LogP contribution is 2.25. The van der Waals surface area contributed by atoms with Crippen molar-refractivity contribution in [2.45, 2.75) is 25.5 Å². The van der Waals surface area contributed by atoms with Gasteiger partial charge in [0, 0.05) is 25.1 Å². The third-order valence-electron chi connectivity index (χ3n) is 5.20. The van der Waals surface area contributed by atoms with Crippen LogP contribution in [-0.4, -0.2) is 37.2 Å². The van der Waals surface area contributed by atoms with Crippen molar-refractivity contribution in [3.05, 3.63) is 75.9 Å². The minimum absolute atomic E-state index is 0.0594. The number of benzene rings is 2. The van der Waals surface area contributed by atoms with E-state index in [1.54, 1.807) is 35.2 Å². The second-order valence-corrected chi connectivity index (χ2v) is 7.27. The number of rotatable bonds is 6. The van der Waals surface area contributed by atoms with E-state index in [4.69, 9.17) is 13.9 Å². The number of carbonyl (C=O) groups excluding carboxylic acids is 1. The molecule has 4 rings (SSSR count). The number of carbonyl (C=O) groups is 1. The number of amides is 1. The fourth-order valence-electron chi connectivity index (χ4n) is 3.66. The summed E-state index contributed by atoms with van der Waals surface area (Å²) in [6.07, 6.45) is 1.68. The second-order valence-electron chi connectivity index (χ2n) is 7.27. The Morgan fingerprint density at radius 1 is 1.23 bits per heavy atom. The molecule has 1 amide bonds. The third kappa shape index (κ3) is 4.21. The van der Waals surface area contributed by atoms with Gasteiger partial charge >= 0.3 is 5.63 Å². The molecule has 0 N–H and O–H groups in total. The molecule has 0 aliphatic carbocycles. The SMILES string of the molecule is COc1cccc2cc(C(=O)N(Cc3ccc(F)cc3)C[C@@H]3CCCO3)c(=O)oc12. The Morgan fingerprint density at radius 2 is 2.03 bits per heavy atom. The molecular weight excluding hydrogens is 389 g/mol. The van der Waals surface area contributed by atoms with E-state index >= 15 is 0 Å². The molecule has 1 aliphatic rings. The maximum atomic E-state index is 13.3. The largest absolute Gasteiger partial charge is 0.493 e. The molecule has 0 bridgehead atoms. The van der Waals surface area contributed by atoms with Crippen LogP contribution in [-0.2, 0) is 11.3 Å². The first-order valence-corrected chi connectivity index (χ1v) is 9.81. The molecule has 1 fully saturated rings. The molecule has 0 saturated carbocycles. The topological polar surface area (TPSA) is 69.0 Å². The summed E-state index contributed by atoms with van der Waals surface area (Å²) in [5, 5.41) is 0.594. The van der Waals surface area contributed by atoms with Gasteiger partial charge in [0.2, 0.25) is 0 Å². The lowest BCUT2D eigenvalue weighted by atomic mass is 10.1. The van der Waals surface area contributed by atoms with E-state index in [0.717, 1.165) is 18.4 Å². The Kier molecular flexibility index (Phi) is 5.81. The van der Waals surface area contributed by atoms with Crippen molar-refractivity contribution in [3.63, 3.8) is 0 Å². The molecule has 1 saturated heterocycles. The first-order chi connectivity index (χ1) is 14.5. The van der Waals surface area contributed by atoms with Crippen LogP contribution in [0.25, 0.3) is 11.0 Å². The normalized spacial score (nSPS) is 16.0. The van der Waals surface area contributed by atoms with Crippen LogP contribution in [0.2, 0.25) is 0 Å². The molecule has 1 aromatic heterocycles. The van der Waals surface area contributed by atoms with Crippen LogP contribution in [0.3, 0.4) is 0 Å². The van der Waals surface area contributed by atoms with Crippen LogP contribution >= 0.6 is 0 Å². The fraction of sp³-hybridized carbons (Fsp3) is 0.304. The molecule has 2 aromatic carbocycles. The molecule has 3 aromatic rings. The smallest absolute Gasteiger partial charge is 0.349 e. The summed E-state index contributed by atoms with van der Waals surface area (Å²) in [4.78, 5) is 27.5. The maximum absolute atomic E-state index is 13.3. The fourth-order valence-corrected chi connectivity index (χ4v) is 3.66. The van der Waals surface area contributed by atoms with Gasteiger partial charge in [0.15, 0.2) is 11.3 Å². The monoisotopic (exact) mass is 411 g/mol. The lowest BCUT2D eigenvalue weighted by Crippen LogP contribution is -2.38. The van der Waals surface area contributed by atoms with Gasteiger partial charge in [-0.05, 0) is 42.7 Å². The first-order valence-electron chi connectivity index (χ1n) is 9.81. The van der Waals surface area contributed by atoms with Crippen molar-refractivity contribution in [3.8, 4) is 5.75 Å². The Morgan fingerprint density at radius 3 is 2.73 bits per heavy atom. The van der Waals surface area contributed by atoms with Crippen molar-refractivity contribution in [2.24, 2.45) is 0 Å². The quantitative estimate of drug-likeness (QED) is 0.578. The predicted octanol–water partition coefficient (Wildman–Crippen LogP) is 3.76. The molecule has 0 radical (unpaired) electrons. The highest BCUT2D eigenvalue weighted by Gasteiger charge is 2.26. The van der Waals surface area contributed by atoms with E-state index in [0.29, 0.717) is 29.9 Å². The van der Waals surface area contributed by atoms with Gasteiger partial charge in [0.25, 0.3) is 5.91 Å². The molecule has 7 heteroatoms. The van der Waals surface area contributed by atoms with E-state index < -0.39 is 11.5 Å². The molecule has 1 atom stereocenters. The number of hydrogen-bond acceptors (Lipinski definition) is 5. The average molecular weight is 411 g/mol. The van der Waals surface area contributed by atoms with Crippen LogP contribution in [0.4, 0.5) is 4.39 Å². The Hall–Kier alpha value is -3.19. The summed E-state index contributed by atoms with van der Waals surface area (Å²) in [6.45, 7) is 1.22. The predicted molar refractivity (Wildman–Crippen MR) is 109 cm³/mol. The van der Waals surface area contributed by atoms with Crippen molar-refractivity contribution < 1.29 is 23.1 Å². The Bertz CT molecular complexity index is 1100. The van der Waals surface area contributed by atoms with E-state index in [1.807, 2.05) is 0 Å². The van der Waals surface area contributed by atoms with Crippen LogP contribution in [0.15, 0.2) is 57.7 Å². The number of fused-ring (bicyclic) bond motifs is 1. The summed E-state index contributed by atoms with van der Waals surface area (Å²) in [7, 11) is 1.49. The zero-order valence-corrected chi connectivity index (χ0v) is 16.6. The summed E-state index contributed by atoms with van der Waals surface area (Å²) in [5.74, 6) is -0.376. The second kappa shape index (κ2) is 8.67. The third-order valence-corrected chi connectivity index (χ3v) is 5.20. The Labute approximate surface area is 172 Å². The number of halogens is 1. The van der Waals surface area contributed by atoms with Gasteiger partial charge in [0.05, 0.1) is 13.2 Å². The number of nitrogens with zero attached hydrogens (tertiary/aromatic N) is 1. The van der Waals surface area contributed by atoms with Crippen LogP contribution in [0, 0.1) is 5.82 Å². The van der Waals surface area contributed by atoms with Gasteiger partial charge in [-0.3, -0.25) is 4.79 Å². The zero-order chi connectivity index (χ0) is 21.1. The van der Waals surface area contributed by atoms with Gasteiger partial charge in [-0.15, -0.1) is 0 Å². The first kappa shape index (κ1) is 20.1. The Balaban J connectivity index is 1.68. The van der Waals surface area contributed by atoms with E-state index in [2.05, 4.69) is 0 Å². The highest BCUT2D eigenvalue weighted by molar-refractivity contribution is 5.97. The van der Waals surface area contributed by atoms with Gasteiger partial charge in [0.1, 0.15) is 11.4 Å². The highest BCUT2D eigenvalue weighted by atomic mass is 19.1. The summed E-state index contributed by atoms with van der Waals surface area (Å²) < 4.78 is 29.6. The van der Waals surface area contributed by atoms with Crippen molar-refractivity contribution in [1.29, 1.82) is 0 Å². The average Bonchev–Trinajstić information content (AvgIpc) is 3.26. The molecule has 30 heavy (non-hydrogen) atoms.